The average Bonchev–Trinajstić information content (AvgIpc) is 2.03. The minimum atomic E-state index is 0.760. The van der Waals surface area contributed by atoms with Crippen molar-refractivity contribution in [2.45, 2.75) is 26.7 Å². The summed E-state index contributed by atoms with van der Waals surface area (Å²) in [6.45, 7) is 3.94. The predicted molar refractivity (Wildman–Crippen MR) is 52.9 cm³/mol. The van der Waals surface area contributed by atoms with E-state index in [2.05, 4.69) is 31.2 Å². The molecular weight excluding hydrogens is 146 g/mol. The van der Waals surface area contributed by atoms with Crippen LogP contribution < -0.4 is 0 Å². The highest BCUT2D eigenvalue weighted by Gasteiger charge is 1.93. The van der Waals surface area contributed by atoms with Crippen LogP contribution in [0.2, 0.25) is 0 Å². The third kappa shape index (κ3) is 2.87. The standard InChI is InChI=1S/C11H15N/c1-9-3-6-11(7-4-9)8-5-10(2)12/h3-4,6-7,12H,5,8H2,1-2H3. The van der Waals surface area contributed by atoms with Crippen molar-refractivity contribution in [1.82, 2.24) is 0 Å². The van der Waals surface area contributed by atoms with Crippen LogP contribution in [0.5, 0.6) is 0 Å². The van der Waals surface area contributed by atoms with E-state index in [0.29, 0.717) is 0 Å². The Labute approximate surface area is 73.9 Å². The molecule has 0 aliphatic heterocycles. The van der Waals surface area contributed by atoms with Crippen molar-refractivity contribution in [1.29, 1.82) is 5.41 Å². The van der Waals surface area contributed by atoms with Crippen molar-refractivity contribution in [3.05, 3.63) is 35.4 Å². The minimum Gasteiger partial charge on any atom is -0.310 e. The molecule has 0 aliphatic carbocycles. The topological polar surface area (TPSA) is 23.9 Å². The zero-order valence-corrected chi connectivity index (χ0v) is 7.72. The molecule has 1 nitrogen and oxygen atoms in total. The maximum Gasteiger partial charge on any atom is 0.00615 e. The lowest BCUT2D eigenvalue weighted by atomic mass is 10.1. The monoisotopic (exact) mass is 161 g/mol. The molecule has 1 N–H and O–H groups in total. The quantitative estimate of drug-likeness (QED) is 0.659. The largest absolute Gasteiger partial charge is 0.310 e. The molecule has 1 heteroatoms. The van der Waals surface area contributed by atoms with Gasteiger partial charge in [-0.05, 0) is 32.3 Å². The first-order valence-electron chi connectivity index (χ1n) is 4.28. The first-order chi connectivity index (χ1) is 5.68. The van der Waals surface area contributed by atoms with Gasteiger partial charge in [-0.2, -0.15) is 0 Å². The molecular formula is C11H15N. The highest BCUT2D eigenvalue weighted by molar-refractivity contribution is 5.78. The number of rotatable bonds is 3. The van der Waals surface area contributed by atoms with Crippen LogP contribution in [0.3, 0.4) is 0 Å². The van der Waals surface area contributed by atoms with Crippen molar-refractivity contribution >= 4 is 5.71 Å². The molecule has 0 radical (unpaired) electrons. The van der Waals surface area contributed by atoms with Crippen molar-refractivity contribution in [2.24, 2.45) is 0 Å². The van der Waals surface area contributed by atoms with Crippen LogP contribution in [0.15, 0.2) is 24.3 Å². The van der Waals surface area contributed by atoms with Crippen LogP contribution in [-0.4, -0.2) is 5.71 Å². The molecule has 0 aromatic heterocycles. The van der Waals surface area contributed by atoms with Crippen LogP contribution in [0.4, 0.5) is 0 Å². The maximum absolute atomic E-state index is 7.29. The Morgan fingerprint density at radius 3 is 2.33 bits per heavy atom. The van der Waals surface area contributed by atoms with Gasteiger partial charge in [0.05, 0.1) is 0 Å². The molecule has 0 heterocycles. The van der Waals surface area contributed by atoms with Crippen LogP contribution >= 0.6 is 0 Å². The van der Waals surface area contributed by atoms with Gasteiger partial charge in [0.25, 0.3) is 0 Å². The molecule has 1 rings (SSSR count). The molecule has 0 bridgehead atoms. The molecule has 0 fully saturated rings. The van der Waals surface area contributed by atoms with Crippen LogP contribution in [0.1, 0.15) is 24.5 Å². The Morgan fingerprint density at radius 2 is 1.83 bits per heavy atom. The third-order valence-electron chi connectivity index (χ3n) is 1.91. The summed E-state index contributed by atoms with van der Waals surface area (Å²) in [4.78, 5) is 0. The first kappa shape index (κ1) is 8.98. The average molecular weight is 161 g/mol. The summed E-state index contributed by atoms with van der Waals surface area (Å²) in [5.41, 5.74) is 3.38. The second-order valence-corrected chi connectivity index (χ2v) is 3.27. The van der Waals surface area contributed by atoms with E-state index in [-0.39, 0.29) is 0 Å². The zero-order chi connectivity index (χ0) is 8.97. The van der Waals surface area contributed by atoms with Crippen molar-refractivity contribution in [3.63, 3.8) is 0 Å². The second kappa shape index (κ2) is 4.05. The molecule has 12 heavy (non-hydrogen) atoms. The first-order valence-corrected chi connectivity index (χ1v) is 4.28. The summed E-state index contributed by atoms with van der Waals surface area (Å²) in [5, 5.41) is 7.29. The number of aryl methyl sites for hydroxylation is 2. The van der Waals surface area contributed by atoms with Gasteiger partial charge < -0.3 is 5.41 Å². The number of nitrogens with one attached hydrogen (secondary N) is 1. The van der Waals surface area contributed by atoms with E-state index in [1.807, 2.05) is 6.92 Å². The smallest absolute Gasteiger partial charge is 0.00615 e. The SMILES string of the molecule is CC(=N)CCc1ccc(C)cc1. The summed E-state index contributed by atoms with van der Waals surface area (Å²) in [5.74, 6) is 0. The second-order valence-electron chi connectivity index (χ2n) is 3.27. The molecule has 0 spiro atoms. The molecule has 64 valence electrons. The summed E-state index contributed by atoms with van der Waals surface area (Å²) in [6, 6.07) is 8.51. The van der Waals surface area contributed by atoms with Gasteiger partial charge in [0, 0.05) is 5.71 Å². The number of hydrogen-bond acceptors (Lipinski definition) is 1. The Kier molecular flexibility index (Phi) is 3.03. The summed E-state index contributed by atoms with van der Waals surface area (Å²) >= 11 is 0. The molecule has 1 aromatic rings. The lowest BCUT2D eigenvalue weighted by Crippen LogP contribution is -1.92. The summed E-state index contributed by atoms with van der Waals surface area (Å²) < 4.78 is 0. The number of benzene rings is 1. The lowest BCUT2D eigenvalue weighted by Gasteiger charge is -2.00. The summed E-state index contributed by atoms with van der Waals surface area (Å²) in [6.07, 6.45) is 1.87. The van der Waals surface area contributed by atoms with E-state index in [9.17, 15) is 0 Å². The van der Waals surface area contributed by atoms with Gasteiger partial charge in [-0.25, -0.2) is 0 Å². The van der Waals surface area contributed by atoms with Gasteiger partial charge >= 0.3 is 0 Å². The molecule has 0 amide bonds. The van der Waals surface area contributed by atoms with Gasteiger partial charge in [0.2, 0.25) is 0 Å². The normalized spacial score (nSPS) is 9.83. The highest BCUT2D eigenvalue weighted by atomic mass is 14.4. The van der Waals surface area contributed by atoms with E-state index >= 15 is 0 Å². The maximum atomic E-state index is 7.29. The lowest BCUT2D eigenvalue weighted by molar-refractivity contribution is 1.02. The third-order valence-corrected chi connectivity index (χ3v) is 1.91. The van der Waals surface area contributed by atoms with E-state index in [0.717, 1.165) is 18.6 Å². The van der Waals surface area contributed by atoms with E-state index < -0.39 is 0 Å². The van der Waals surface area contributed by atoms with E-state index in [4.69, 9.17) is 5.41 Å². The van der Waals surface area contributed by atoms with E-state index in [1.165, 1.54) is 11.1 Å². The van der Waals surface area contributed by atoms with Gasteiger partial charge in [0.1, 0.15) is 0 Å². The Morgan fingerprint density at radius 1 is 1.25 bits per heavy atom. The molecule has 0 saturated carbocycles. The van der Waals surface area contributed by atoms with E-state index in [1.54, 1.807) is 0 Å². The zero-order valence-electron chi connectivity index (χ0n) is 7.72. The highest BCUT2D eigenvalue weighted by Crippen LogP contribution is 2.05. The molecule has 0 aliphatic rings. The van der Waals surface area contributed by atoms with Gasteiger partial charge in [-0.3, -0.25) is 0 Å². The molecule has 1 aromatic carbocycles. The van der Waals surface area contributed by atoms with Crippen LogP contribution in [0, 0.1) is 12.3 Å². The fraction of sp³-hybridized carbons (Fsp3) is 0.364. The van der Waals surface area contributed by atoms with Gasteiger partial charge in [0.15, 0.2) is 0 Å². The fourth-order valence-electron chi connectivity index (χ4n) is 1.09. The summed E-state index contributed by atoms with van der Waals surface area (Å²) in [7, 11) is 0. The van der Waals surface area contributed by atoms with Gasteiger partial charge in [-0.15, -0.1) is 0 Å². The molecule has 0 saturated heterocycles. The Hall–Kier alpha value is -1.11. The van der Waals surface area contributed by atoms with Crippen LogP contribution in [-0.2, 0) is 6.42 Å². The van der Waals surface area contributed by atoms with Crippen molar-refractivity contribution < 1.29 is 0 Å². The Bertz CT molecular complexity index is 259. The van der Waals surface area contributed by atoms with Crippen molar-refractivity contribution in [3.8, 4) is 0 Å². The molecule has 0 unspecified atom stereocenters. The predicted octanol–water partition coefficient (Wildman–Crippen LogP) is 2.97. The fourth-order valence-corrected chi connectivity index (χ4v) is 1.09. The molecule has 0 atom stereocenters. The Balaban J connectivity index is 2.53. The van der Waals surface area contributed by atoms with Gasteiger partial charge in [-0.1, -0.05) is 29.8 Å². The number of hydrogen-bond donors (Lipinski definition) is 1. The minimum absolute atomic E-state index is 0.760. The van der Waals surface area contributed by atoms with Crippen LogP contribution in [0.25, 0.3) is 0 Å². The van der Waals surface area contributed by atoms with Crippen molar-refractivity contribution in [2.75, 3.05) is 0 Å².